The third-order valence-electron chi connectivity index (χ3n) is 10.5. The van der Waals surface area contributed by atoms with Gasteiger partial charge in [-0.15, -0.1) is 0 Å². The largest absolute Gasteiger partial charge is 0.371 e. The van der Waals surface area contributed by atoms with E-state index in [1.54, 1.807) is 19.1 Å². The third-order valence-corrected chi connectivity index (χ3v) is 12.8. The second-order valence-corrected chi connectivity index (χ2v) is 15.4. The van der Waals surface area contributed by atoms with E-state index in [2.05, 4.69) is 45.5 Å². The van der Waals surface area contributed by atoms with E-state index in [0.29, 0.717) is 16.7 Å². The van der Waals surface area contributed by atoms with Crippen LogP contribution in [0.1, 0.15) is 58.3 Å². The van der Waals surface area contributed by atoms with Gasteiger partial charge in [0, 0.05) is 44.2 Å². The first-order valence-corrected chi connectivity index (χ1v) is 17.2. The Labute approximate surface area is 245 Å². The summed E-state index contributed by atoms with van der Waals surface area (Å²) in [4.78, 5) is 17.4. The molecule has 4 atom stereocenters. The van der Waals surface area contributed by atoms with E-state index in [0.717, 1.165) is 89.8 Å². The van der Waals surface area contributed by atoms with E-state index < -0.39 is 15.3 Å². The molecule has 2 heterocycles. The van der Waals surface area contributed by atoms with Gasteiger partial charge in [0.25, 0.3) is 0 Å². The van der Waals surface area contributed by atoms with Crippen molar-refractivity contribution in [3.63, 3.8) is 0 Å². The van der Waals surface area contributed by atoms with Crippen molar-refractivity contribution in [2.24, 2.45) is 29.1 Å². The monoisotopic (exact) mass is 576 g/mol. The maximum atomic E-state index is 12.5. The number of nitriles is 1. The summed E-state index contributed by atoms with van der Waals surface area (Å²) in [7, 11) is -3.14. The number of benzene rings is 1. The van der Waals surface area contributed by atoms with Crippen LogP contribution < -0.4 is 10.2 Å². The van der Waals surface area contributed by atoms with Crippen molar-refractivity contribution in [1.82, 2.24) is 10.2 Å². The summed E-state index contributed by atoms with van der Waals surface area (Å²) in [6.07, 6.45) is 16.3. The molecule has 1 aromatic rings. The van der Waals surface area contributed by atoms with Crippen molar-refractivity contribution in [3.05, 3.63) is 48.6 Å². The minimum atomic E-state index is -3.14. The number of piperidine rings is 1. The third kappa shape index (κ3) is 5.60. The molecule has 0 aromatic heterocycles. The topological polar surface area (TPSA) is 93.5 Å². The minimum Gasteiger partial charge on any atom is -0.371 e. The molecule has 0 spiro atoms. The lowest BCUT2D eigenvalue weighted by Crippen LogP contribution is -2.55. The summed E-state index contributed by atoms with van der Waals surface area (Å²) in [5.74, 6) is 1.33. The highest BCUT2D eigenvalue weighted by Gasteiger charge is 2.54. The maximum absolute atomic E-state index is 12.5. The normalized spacial score (nSPS) is 29.1. The van der Waals surface area contributed by atoms with Gasteiger partial charge in [-0.1, -0.05) is 30.7 Å². The predicted octanol–water partition coefficient (Wildman–Crippen LogP) is 4.72. The van der Waals surface area contributed by atoms with Gasteiger partial charge in [-0.2, -0.15) is 5.26 Å². The summed E-state index contributed by atoms with van der Waals surface area (Å²) in [6.45, 7) is 6.69. The number of allylic oxidation sites excluding steroid dienone is 4. The molecule has 8 heteroatoms. The zero-order chi connectivity index (χ0) is 28.6. The number of amides is 1. The molecule has 2 aliphatic heterocycles. The number of nitrogens with zero attached hydrogens (tertiary/aromatic N) is 3. The average Bonchev–Trinajstić information content (AvgIpc) is 3.74. The molecule has 1 aromatic carbocycles. The van der Waals surface area contributed by atoms with Gasteiger partial charge in [-0.25, -0.2) is 8.42 Å². The Morgan fingerprint density at radius 1 is 1.05 bits per heavy atom. The first kappa shape index (κ1) is 28.5. The predicted molar refractivity (Wildman–Crippen MR) is 161 cm³/mol. The van der Waals surface area contributed by atoms with Crippen LogP contribution in [0.3, 0.4) is 0 Å². The van der Waals surface area contributed by atoms with Gasteiger partial charge >= 0.3 is 0 Å². The molecule has 2 saturated carbocycles. The second-order valence-electron chi connectivity index (χ2n) is 13.1. The molecular weight excluding hydrogens is 532 g/mol. The number of sulfone groups is 1. The van der Waals surface area contributed by atoms with Crippen LogP contribution in [-0.2, 0) is 14.6 Å². The summed E-state index contributed by atoms with van der Waals surface area (Å²) < 4.78 is 25.0. The number of nitrogens with one attached hydrogen (secondary N) is 1. The van der Waals surface area contributed by atoms with E-state index in [4.69, 9.17) is 0 Å². The van der Waals surface area contributed by atoms with Crippen LogP contribution in [0, 0.1) is 40.4 Å². The zero-order valence-electron chi connectivity index (χ0n) is 24.2. The Balaban J connectivity index is 1.06. The Morgan fingerprint density at radius 3 is 2.39 bits per heavy atom. The van der Waals surface area contributed by atoms with Crippen molar-refractivity contribution in [2.45, 2.75) is 74.5 Å². The molecule has 6 rings (SSSR count). The molecule has 41 heavy (non-hydrogen) atoms. The number of carbonyl (C=O) groups is 1. The van der Waals surface area contributed by atoms with Crippen molar-refractivity contribution in [2.75, 3.05) is 37.6 Å². The van der Waals surface area contributed by atoms with Gasteiger partial charge in [0.1, 0.15) is 0 Å². The van der Waals surface area contributed by atoms with E-state index in [9.17, 15) is 18.5 Å². The quantitative estimate of drug-likeness (QED) is 0.457. The summed E-state index contributed by atoms with van der Waals surface area (Å²) in [5, 5.41) is 14.0. The Kier molecular flexibility index (Phi) is 8.04. The molecule has 5 aliphatic rings. The minimum absolute atomic E-state index is 0.0106. The van der Waals surface area contributed by atoms with Crippen LogP contribution in [0.15, 0.2) is 53.5 Å². The maximum Gasteiger partial charge on any atom is 0.217 e. The lowest BCUT2D eigenvalue weighted by Gasteiger charge is -2.50. The number of likely N-dealkylation sites (tertiary alicyclic amines) is 1. The molecule has 2 unspecified atom stereocenters. The van der Waals surface area contributed by atoms with Gasteiger partial charge in [-0.05, 0) is 100 Å². The number of anilines is 1. The smallest absolute Gasteiger partial charge is 0.217 e. The fourth-order valence-corrected chi connectivity index (χ4v) is 9.97. The number of hydrogen-bond acceptors (Lipinski definition) is 6. The van der Waals surface area contributed by atoms with E-state index in [1.165, 1.54) is 0 Å². The Hall–Kier alpha value is -2.63. The van der Waals surface area contributed by atoms with E-state index >= 15 is 0 Å². The van der Waals surface area contributed by atoms with Crippen molar-refractivity contribution in [3.8, 4) is 6.07 Å². The van der Waals surface area contributed by atoms with Crippen molar-refractivity contribution < 1.29 is 13.2 Å². The highest BCUT2D eigenvalue weighted by molar-refractivity contribution is 7.92. The summed E-state index contributed by atoms with van der Waals surface area (Å²) in [6, 6.07) is 10.5. The summed E-state index contributed by atoms with van der Waals surface area (Å²) >= 11 is 0. The van der Waals surface area contributed by atoms with Crippen LogP contribution in [-0.4, -0.2) is 63.2 Å². The molecule has 7 nitrogen and oxygen atoms in total. The van der Waals surface area contributed by atoms with Gasteiger partial charge in [-0.3, -0.25) is 4.79 Å². The molecule has 1 N–H and O–H groups in total. The highest BCUT2D eigenvalue weighted by Crippen LogP contribution is 2.54. The van der Waals surface area contributed by atoms with Crippen LogP contribution in [0.5, 0.6) is 0 Å². The lowest BCUT2D eigenvalue weighted by molar-refractivity contribution is -0.120. The van der Waals surface area contributed by atoms with Gasteiger partial charge in [0.2, 0.25) is 5.91 Å². The van der Waals surface area contributed by atoms with Crippen LogP contribution >= 0.6 is 0 Å². The molecular formula is C33H44N4O3S. The molecule has 3 aliphatic carbocycles. The Bertz CT molecular complexity index is 1310. The molecule has 1 amide bonds. The zero-order valence-corrected chi connectivity index (χ0v) is 25.1. The number of rotatable bonds is 9. The number of hydrogen-bond donors (Lipinski definition) is 1. The SMILES string of the molecule is CC(=O)N[C@H]1CCC[C@@H]1C(C#N)(C1C=CC=CC1)C1CCN(CC2CN(c3ccc(S(=O)(=O)C4CC4)cc3)C2)CC1. The van der Waals surface area contributed by atoms with Crippen molar-refractivity contribution >= 4 is 21.4 Å². The summed E-state index contributed by atoms with van der Waals surface area (Å²) in [5.41, 5.74) is 0.650. The molecule has 0 bridgehead atoms. The fourth-order valence-electron chi connectivity index (χ4n) is 8.31. The van der Waals surface area contributed by atoms with Gasteiger partial charge in [0.15, 0.2) is 9.84 Å². The van der Waals surface area contributed by atoms with Crippen LogP contribution in [0.2, 0.25) is 0 Å². The Morgan fingerprint density at radius 2 is 1.78 bits per heavy atom. The van der Waals surface area contributed by atoms with Crippen LogP contribution in [0.25, 0.3) is 0 Å². The highest BCUT2D eigenvalue weighted by atomic mass is 32.2. The standard InChI is InChI=1S/C33H44N4O3S/c1-24(38)35-32-9-5-8-31(32)33(23-34,26-6-3-2-4-7-26)27-16-18-36(19-17-27)20-25-21-37(22-25)28-10-12-29(13-11-28)41(39,40)30-14-15-30/h2-4,6,10-13,25-27,30-32H,5,7-9,14-22H2,1H3,(H,35,38)/t26?,31-,32-,33?/m0/s1. The van der Waals surface area contributed by atoms with E-state index in [-0.39, 0.29) is 29.0 Å². The molecule has 0 radical (unpaired) electrons. The first-order chi connectivity index (χ1) is 19.8. The van der Waals surface area contributed by atoms with Gasteiger partial charge < -0.3 is 15.1 Å². The second kappa shape index (κ2) is 11.6. The number of carbonyl (C=O) groups excluding carboxylic acids is 1. The molecule has 2 saturated heterocycles. The van der Waals surface area contributed by atoms with Gasteiger partial charge in [0.05, 0.1) is 21.6 Å². The average molecular weight is 577 g/mol. The fraction of sp³-hybridized carbons (Fsp3) is 0.636. The van der Waals surface area contributed by atoms with Crippen molar-refractivity contribution in [1.29, 1.82) is 5.26 Å². The van der Waals surface area contributed by atoms with E-state index in [1.807, 2.05) is 12.1 Å². The molecule has 220 valence electrons. The van der Waals surface area contributed by atoms with Crippen LogP contribution in [0.4, 0.5) is 5.69 Å². The molecule has 4 fully saturated rings. The first-order valence-electron chi connectivity index (χ1n) is 15.6. The lowest BCUT2D eigenvalue weighted by atomic mass is 9.55.